The third-order valence-corrected chi connectivity index (χ3v) is 2.28. The second-order valence-corrected chi connectivity index (χ2v) is 3.43. The molecule has 0 aromatic heterocycles. The van der Waals surface area contributed by atoms with Gasteiger partial charge in [0.1, 0.15) is 5.84 Å². The van der Waals surface area contributed by atoms with Crippen LogP contribution in [0.3, 0.4) is 0 Å². The lowest BCUT2D eigenvalue weighted by atomic mass is 10.2. The van der Waals surface area contributed by atoms with Crippen molar-refractivity contribution >= 4 is 17.5 Å². The summed E-state index contributed by atoms with van der Waals surface area (Å²) in [5.74, 6) is 0.0484. The first kappa shape index (κ1) is 9.71. The van der Waals surface area contributed by atoms with Gasteiger partial charge in [-0.05, 0) is 11.6 Å². The maximum atomic E-state index is 10.3. The average molecular weight is 204 g/mol. The van der Waals surface area contributed by atoms with E-state index in [1.807, 2.05) is 24.3 Å². The summed E-state index contributed by atoms with van der Waals surface area (Å²) in [7, 11) is 0. The number of benzene rings is 1. The topological polar surface area (TPSA) is 61.7 Å². The van der Waals surface area contributed by atoms with Gasteiger partial charge in [0, 0.05) is 12.1 Å². The quantitative estimate of drug-likeness (QED) is 0.784. The molecule has 1 aliphatic heterocycles. The molecule has 0 radical (unpaired) electrons. The van der Waals surface area contributed by atoms with Crippen LogP contribution in [0.15, 0.2) is 29.3 Å². The van der Waals surface area contributed by atoms with E-state index >= 15 is 0 Å². The lowest BCUT2D eigenvalue weighted by molar-refractivity contribution is -0.136. The molecule has 0 aliphatic carbocycles. The van der Waals surface area contributed by atoms with Gasteiger partial charge in [-0.25, -0.2) is 0 Å². The van der Waals surface area contributed by atoms with Crippen molar-refractivity contribution in [3.63, 3.8) is 0 Å². The number of amidine groups is 1. The fourth-order valence-electron chi connectivity index (χ4n) is 1.56. The molecule has 0 spiro atoms. The molecule has 0 atom stereocenters. The number of aliphatic carboxylic acids is 1. The summed E-state index contributed by atoms with van der Waals surface area (Å²) >= 11 is 0. The zero-order valence-corrected chi connectivity index (χ0v) is 8.23. The van der Waals surface area contributed by atoms with Crippen molar-refractivity contribution in [1.82, 2.24) is 0 Å². The first-order chi connectivity index (χ1) is 7.25. The number of anilines is 1. The van der Waals surface area contributed by atoms with Gasteiger partial charge in [-0.2, -0.15) is 0 Å². The molecule has 1 aliphatic rings. The van der Waals surface area contributed by atoms with E-state index in [9.17, 15) is 4.79 Å². The summed E-state index contributed by atoms with van der Waals surface area (Å²) in [4.78, 5) is 14.5. The molecule has 0 unspecified atom stereocenters. The highest BCUT2D eigenvalue weighted by Gasteiger charge is 2.14. The number of rotatable bonds is 3. The lowest BCUT2D eigenvalue weighted by Gasteiger charge is -1.97. The minimum atomic E-state index is -0.810. The number of nitrogens with zero attached hydrogens (tertiary/aromatic N) is 1. The second-order valence-electron chi connectivity index (χ2n) is 3.43. The molecule has 0 saturated carbocycles. The third kappa shape index (κ3) is 2.34. The molecule has 2 N–H and O–H groups in total. The molecule has 0 bridgehead atoms. The van der Waals surface area contributed by atoms with Crippen LogP contribution in [-0.2, 0) is 11.2 Å². The summed E-state index contributed by atoms with van der Waals surface area (Å²) in [6.45, 7) is 0.339. The second kappa shape index (κ2) is 4.13. The van der Waals surface area contributed by atoms with E-state index in [-0.39, 0.29) is 6.42 Å². The van der Waals surface area contributed by atoms with Crippen LogP contribution in [0.1, 0.15) is 12.0 Å². The maximum Gasteiger partial charge on any atom is 0.305 e. The van der Waals surface area contributed by atoms with Crippen LogP contribution in [0.4, 0.5) is 5.69 Å². The van der Waals surface area contributed by atoms with Crippen LogP contribution >= 0.6 is 0 Å². The minimum absolute atomic E-state index is 0.0848. The van der Waals surface area contributed by atoms with Gasteiger partial charge in [0.25, 0.3) is 0 Å². The number of hydrogen-bond donors (Lipinski definition) is 2. The Morgan fingerprint density at radius 2 is 2.27 bits per heavy atom. The van der Waals surface area contributed by atoms with Crippen molar-refractivity contribution in [1.29, 1.82) is 0 Å². The summed E-state index contributed by atoms with van der Waals surface area (Å²) in [5, 5.41) is 11.6. The van der Waals surface area contributed by atoms with Crippen LogP contribution in [-0.4, -0.2) is 23.5 Å². The summed E-state index contributed by atoms with van der Waals surface area (Å²) in [6, 6.07) is 7.99. The van der Waals surface area contributed by atoms with Gasteiger partial charge in [-0.15, -0.1) is 0 Å². The van der Waals surface area contributed by atoms with Crippen molar-refractivity contribution in [2.45, 2.75) is 12.8 Å². The summed E-state index contributed by atoms with van der Waals surface area (Å²) in [6.07, 6.45) is 0.858. The number of hydrogen-bond acceptors (Lipinski definition) is 2. The Morgan fingerprint density at radius 1 is 1.47 bits per heavy atom. The fourth-order valence-corrected chi connectivity index (χ4v) is 1.56. The van der Waals surface area contributed by atoms with Gasteiger partial charge < -0.3 is 10.4 Å². The minimum Gasteiger partial charge on any atom is -0.481 e. The monoisotopic (exact) mass is 204 g/mol. The Hall–Kier alpha value is -1.84. The lowest BCUT2D eigenvalue weighted by Crippen LogP contribution is -2.08. The molecule has 1 aromatic carbocycles. The predicted octanol–water partition coefficient (Wildman–Crippen LogP) is 1.53. The van der Waals surface area contributed by atoms with Crippen LogP contribution in [0.25, 0.3) is 0 Å². The van der Waals surface area contributed by atoms with E-state index in [4.69, 9.17) is 5.11 Å². The SMILES string of the molecule is O=C(O)CCN=C1Cc2ccccc2N1. The van der Waals surface area contributed by atoms with E-state index in [2.05, 4.69) is 10.3 Å². The van der Waals surface area contributed by atoms with Crippen LogP contribution in [0.5, 0.6) is 0 Å². The number of fused-ring (bicyclic) bond motifs is 1. The van der Waals surface area contributed by atoms with Crippen molar-refractivity contribution < 1.29 is 9.90 Å². The van der Waals surface area contributed by atoms with Crippen LogP contribution < -0.4 is 5.32 Å². The molecule has 0 amide bonds. The van der Waals surface area contributed by atoms with Crippen LogP contribution in [0, 0.1) is 0 Å². The van der Waals surface area contributed by atoms with Gasteiger partial charge in [0.15, 0.2) is 0 Å². The molecule has 0 fully saturated rings. The first-order valence-corrected chi connectivity index (χ1v) is 4.86. The molecule has 2 rings (SSSR count). The molecular weight excluding hydrogens is 192 g/mol. The predicted molar refractivity (Wildman–Crippen MR) is 58.3 cm³/mol. The maximum absolute atomic E-state index is 10.3. The zero-order chi connectivity index (χ0) is 10.7. The summed E-state index contributed by atoms with van der Waals surface area (Å²) < 4.78 is 0. The molecule has 0 saturated heterocycles. The Kier molecular flexibility index (Phi) is 2.67. The van der Waals surface area contributed by atoms with E-state index in [1.54, 1.807) is 0 Å². The highest BCUT2D eigenvalue weighted by Crippen LogP contribution is 2.22. The molecule has 78 valence electrons. The number of carbonyl (C=O) groups is 1. The molecule has 1 aromatic rings. The normalized spacial score (nSPS) is 16.1. The molecule has 15 heavy (non-hydrogen) atoms. The first-order valence-electron chi connectivity index (χ1n) is 4.86. The number of carboxylic acids is 1. The molecular formula is C11H12N2O2. The van der Waals surface area contributed by atoms with Gasteiger partial charge in [0.2, 0.25) is 0 Å². The van der Waals surface area contributed by atoms with Gasteiger partial charge in [-0.3, -0.25) is 9.79 Å². The van der Waals surface area contributed by atoms with Gasteiger partial charge >= 0.3 is 5.97 Å². The number of para-hydroxylation sites is 1. The van der Waals surface area contributed by atoms with E-state index in [0.29, 0.717) is 6.54 Å². The highest BCUT2D eigenvalue weighted by molar-refractivity contribution is 6.02. The number of carboxylic acid groups (broad SMARTS) is 1. The highest BCUT2D eigenvalue weighted by atomic mass is 16.4. The Bertz CT molecular complexity index is 386. The largest absolute Gasteiger partial charge is 0.481 e. The molecule has 1 heterocycles. The van der Waals surface area contributed by atoms with E-state index < -0.39 is 5.97 Å². The van der Waals surface area contributed by atoms with Gasteiger partial charge in [-0.1, -0.05) is 18.2 Å². The Balaban J connectivity index is 1.98. The fraction of sp³-hybridized carbons (Fsp3) is 0.273. The van der Waals surface area contributed by atoms with Gasteiger partial charge in [0.05, 0.1) is 13.0 Å². The number of nitrogens with one attached hydrogen (secondary N) is 1. The summed E-state index contributed by atoms with van der Waals surface area (Å²) in [5.41, 5.74) is 2.29. The Morgan fingerprint density at radius 3 is 3.00 bits per heavy atom. The zero-order valence-electron chi connectivity index (χ0n) is 8.23. The average Bonchev–Trinajstić information content (AvgIpc) is 2.59. The van der Waals surface area contributed by atoms with Crippen molar-refractivity contribution in [2.24, 2.45) is 4.99 Å². The van der Waals surface area contributed by atoms with Crippen molar-refractivity contribution in [3.05, 3.63) is 29.8 Å². The van der Waals surface area contributed by atoms with Crippen molar-refractivity contribution in [2.75, 3.05) is 11.9 Å². The Labute approximate surface area is 87.7 Å². The van der Waals surface area contributed by atoms with E-state index in [0.717, 1.165) is 17.9 Å². The van der Waals surface area contributed by atoms with E-state index in [1.165, 1.54) is 5.56 Å². The third-order valence-electron chi connectivity index (χ3n) is 2.28. The standard InChI is InChI=1S/C11H12N2O2/c14-11(15)5-6-12-10-7-8-3-1-2-4-9(8)13-10/h1-4H,5-7H2,(H,12,13)(H,14,15). The molecule has 4 nitrogen and oxygen atoms in total. The smallest absolute Gasteiger partial charge is 0.305 e. The molecule has 4 heteroatoms. The number of aliphatic imine (C=N–C) groups is 1. The van der Waals surface area contributed by atoms with Crippen LogP contribution in [0.2, 0.25) is 0 Å². The van der Waals surface area contributed by atoms with Crippen molar-refractivity contribution in [3.8, 4) is 0 Å².